The number of hydrogen-bond acceptors (Lipinski definition) is 2. The van der Waals surface area contributed by atoms with E-state index < -0.39 is 0 Å². The molecule has 0 unspecified atom stereocenters. The number of thiol groups is 1. The van der Waals surface area contributed by atoms with Crippen LogP contribution in [0.1, 0.15) is 32.6 Å². The summed E-state index contributed by atoms with van der Waals surface area (Å²) in [5, 5.41) is 2.91. The van der Waals surface area contributed by atoms with E-state index in [2.05, 4.69) is 24.9 Å². The molecule has 0 spiro atoms. The predicted octanol–water partition coefficient (Wildman–Crippen LogP) is 1.61. The first-order valence-electron chi connectivity index (χ1n) is 4.60. The van der Waals surface area contributed by atoms with Gasteiger partial charge in [0.1, 0.15) is 0 Å². The maximum Gasteiger partial charge on any atom is 0.229 e. The topological polar surface area (TPSA) is 29.1 Å². The number of hydrogen-bond donors (Lipinski definition) is 2. The first kappa shape index (κ1) is 9.90. The van der Waals surface area contributed by atoms with Crippen LogP contribution in [-0.4, -0.2) is 18.2 Å². The van der Waals surface area contributed by atoms with E-state index in [9.17, 15) is 4.79 Å². The Morgan fingerprint density at radius 1 is 1.58 bits per heavy atom. The standard InChI is InChI=1S/C9H17NOS/c1-2-9(4-3-5-9)7-10-8(11)6-12/h12H,2-7H2,1H3,(H,10,11). The fourth-order valence-electron chi connectivity index (χ4n) is 1.67. The minimum atomic E-state index is 0.0538. The Morgan fingerprint density at radius 3 is 2.58 bits per heavy atom. The van der Waals surface area contributed by atoms with Gasteiger partial charge in [0.2, 0.25) is 5.91 Å². The van der Waals surface area contributed by atoms with Crippen LogP contribution in [0.15, 0.2) is 0 Å². The van der Waals surface area contributed by atoms with E-state index in [-0.39, 0.29) is 5.91 Å². The van der Waals surface area contributed by atoms with Crippen molar-refractivity contribution in [2.75, 3.05) is 12.3 Å². The van der Waals surface area contributed by atoms with Crippen LogP contribution in [0.25, 0.3) is 0 Å². The van der Waals surface area contributed by atoms with Crippen molar-refractivity contribution in [3.05, 3.63) is 0 Å². The fraction of sp³-hybridized carbons (Fsp3) is 0.889. The van der Waals surface area contributed by atoms with Crippen molar-refractivity contribution in [3.8, 4) is 0 Å². The Kier molecular flexibility index (Phi) is 3.44. The third kappa shape index (κ3) is 2.16. The molecular weight excluding hydrogens is 170 g/mol. The summed E-state index contributed by atoms with van der Waals surface area (Å²) >= 11 is 3.91. The summed E-state index contributed by atoms with van der Waals surface area (Å²) in [6.45, 7) is 3.05. The van der Waals surface area contributed by atoms with Gasteiger partial charge in [0.15, 0.2) is 0 Å². The molecule has 0 aromatic rings. The van der Waals surface area contributed by atoms with Gasteiger partial charge in [-0.3, -0.25) is 4.79 Å². The lowest BCUT2D eigenvalue weighted by atomic mass is 9.67. The molecule has 2 nitrogen and oxygen atoms in total. The molecule has 70 valence electrons. The molecule has 0 aromatic carbocycles. The quantitative estimate of drug-likeness (QED) is 0.643. The summed E-state index contributed by atoms with van der Waals surface area (Å²) in [7, 11) is 0. The maximum atomic E-state index is 10.9. The molecule has 0 bridgehead atoms. The molecule has 0 aliphatic heterocycles. The van der Waals surface area contributed by atoms with Crippen LogP contribution >= 0.6 is 12.6 Å². The molecule has 1 aliphatic carbocycles. The predicted molar refractivity (Wildman–Crippen MR) is 53.4 cm³/mol. The monoisotopic (exact) mass is 187 g/mol. The van der Waals surface area contributed by atoms with E-state index >= 15 is 0 Å². The molecule has 1 amide bonds. The fourth-order valence-corrected chi connectivity index (χ4v) is 1.79. The van der Waals surface area contributed by atoms with Crippen LogP contribution in [-0.2, 0) is 4.79 Å². The third-order valence-electron chi connectivity index (χ3n) is 2.97. The van der Waals surface area contributed by atoms with Gasteiger partial charge in [-0.1, -0.05) is 13.3 Å². The molecule has 3 heteroatoms. The molecule has 0 heterocycles. The van der Waals surface area contributed by atoms with Crippen molar-refractivity contribution in [2.24, 2.45) is 5.41 Å². The molecule has 12 heavy (non-hydrogen) atoms. The van der Waals surface area contributed by atoms with E-state index in [1.54, 1.807) is 0 Å². The molecule has 1 fully saturated rings. The Balaban J connectivity index is 2.24. The molecule has 1 rings (SSSR count). The normalized spacial score (nSPS) is 19.8. The van der Waals surface area contributed by atoms with Crippen LogP contribution < -0.4 is 5.32 Å². The summed E-state index contributed by atoms with van der Waals surface area (Å²) in [4.78, 5) is 10.9. The lowest BCUT2D eigenvalue weighted by Gasteiger charge is -2.41. The van der Waals surface area contributed by atoms with E-state index in [1.807, 2.05) is 0 Å². The molecule has 0 saturated heterocycles. The van der Waals surface area contributed by atoms with Gasteiger partial charge in [0, 0.05) is 6.54 Å². The van der Waals surface area contributed by atoms with Gasteiger partial charge in [0.25, 0.3) is 0 Å². The molecule has 1 saturated carbocycles. The number of rotatable bonds is 4. The Morgan fingerprint density at radius 2 is 2.25 bits per heavy atom. The second-order valence-electron chi connectivity index (χ2n) is 3.64. The largest absolute Gasteiger partial charge is 0.355 e. The summed E-state index contributed by atoms with van der Waals surface area (Å²) < 4.78 is 0. The Bertz CT molecular complexity index is 160. The zero-order chi connectivity index (χ0) is 9.03. The van der Waals surface area contributed by atoms with Crippen molar-refractivity contribution >= 4 is 18.5 Å². The van der Waals surface area contributed by atoms with Crippen LogP contribution in [0, 0.1) is 5.41 Å². The number of carbonyl (C=O) groups excluding carboxylic acids is 1. The van der Waals surface area contributed by atoms with Crippen LogP contribution in [0.4, 0.5) is 0 Å². The molecule has 1 N–H and O–H groups in total. The van der Waals surface area contributed by atoms with Gasteiger partial charge >= 0.3 is 0 Å². The van der Waals surface area contributed by atoms with Crippen molar-refractivity contribution < 1.29 is 4.79 Å². The average molecular weight is 187 g/mol. The molecule has 0 atom stereocenters. The zero-order valence-corrected chi connectivity index (χ0v) is 8.49. The summed E-state index contributed by atoms with van der Waals surface area (Å²) in [6.07, 6.45) is 5.05. The number of carbonyl (C=O) groups is 1. The smallest absolute Gasteiger partial charge is 0.229 e. The van der Waals surface area contributed by atoms with Crippen LogP contribution in [0.2, 0.25) is 0 Å². The van der Waals surface area contributed by atoms with Crippen molar-refractivity contribution in [2.45, 2.75) is 32.6 Å². The summed E-state index contributed by atoms with van der Waals surface area (Å²) in [5.74, 6) is 0.359. The highest BCUT2D eigenvalue weighted by molar-refractivity contribution is 7.81. The number of amides is 1. The minimum absolute atomic E-state index is 0.0538. The second kappa shape index (κ2) is 4.17. The van der Waals surface area contributed by atoms with E-state index in [0.29, 0.717) is 11.2 Å². The van der Waals surface area contributed by atoms with E-state index in [4.69, 9.17) is 0 Å². The zero-order valence-electron chi connectivity index (χ0n) is 7.60. The van der Waals surface area contributed by atoms with Crippen LogP contribution in [0.5, 0.6) is 0 Å². The molecule has 1 aliphatic rings. The van der Waals surface area contributed by atoms with E-state index in [0.717, 1.165) is 6.54 Å². The van der Waals surface area contributed by atoms with Gasteiger partial charge < -0.3 is 5.32 Å². The Labute approximate surface area is 79.5 Å². The average Bonchev–Trinajstić information content (AvgIpc) is 2.03. The number of nitrogens with one attached hydrogen (secondary N) is 1. The highest BCUT2D eigenvalue weighted by atomic mass is 32.1. The summed E-state index contributed by atoms with van der Waals surface area (Å²) in [5.41, 5.74) is 0.429. The summed E-state index contributed by atoms with van der Waals surface area (Å²) in [6, 6.07) is 0. The van der Waals surface area contributed by atoms with E-state index in [1.165, 1.54) is 25.7 Å². The van der Waals surface area contributed by atoms with Crippen molar-refractivity contribution in [1.29, 1.82) is 0 Å². The molecule has 0 aromatic heterocycles. The van der Waals surface area contributed by atoms with Gasteiger partial charge in [0.05, 0.1) is 5.75 Å². The van der Waals surface area contributed by atoms with Crippen molar-refractivity contribution in [1.82, 2.24) is 5.32 Å². The van der Waals surface area contributed by atoms with Crippen LogP contribution in [0.3, 0.4) is 0 Å². The van der Waals surface area contributed by atoms with Gasteiger partial charge in [-0.2, -0.15) is 12.6 Å². The minimum Gasteiger partial charge on any atom is -0.355 e. The maximum absolute atomic E-state index is 10.9. The SMILES string of the molecule is CCC1(CNC(=O)CS)CCC1. The van der Waals surface area contributed by atoms with Gasteiger partial charge in [-0.25, -0.2) is 0 Å². The van der Waals surface area contributed by atoms with Gasteiger partial charge in [-0.15, -0.1) is 0 Å². The first-order chi connectivity index (χ1) is 5.72. The highest BCUT2D eigenvalue weighted by Gasteiger charge is 2.34. The highest BCUT2D eigenvalue weighted by Crippen LogP contribution is 2.42. The Hall–Kier alpha value is -0.180. The lowest BCUT2D eigenvalue weighted by Crippen LogP contribution is -2.42. The molecular formula is C9H17NOS. The second-order valence-corrected chi connectivity index (χ2v) is 3.96. The third-order valence-corrected chi connectivity index (χ3v) is 3.26. The first-order valence-corrected chi connectivity index (χ1v) is 5.23. The van der Waals surface area contributed by atoms with Crippen molar-refractivity contribution in [3.63, 3.8) is 0 Å². The molecule has 0 radical (unpaired) electrons. The van der Waals surface area contributed by atoms with Gasteiger partial charge in [-0.05, 0) is 24.7 Å². The lowest BCUT2D eigenvalue weighted by molar-refractivity contribution is -0.119.